The molecule has 0 saturated heterocycles. The van der Waals surface area contributed by atoms with Crippen LogP contribution in [0.15, 0.2) is 89.2 Å². The Labute approximate surface area is 179 Å². The average Bonchev–Trinajstić information content (AvgIpc) is 3.04. The van der Waals surface area contributed by atoms with Gasteiger partial charge in [0.15, 0.2) is 5.16 Å². The average molecular weight is 434 g/mol. The van der Waals surface area contributed by atoms with E-state index in [1.807, 2.05) is 37.3 Å². The summed E-state index contributed by atoms with van der Waals surface area (Å²) in [6.45, 7) is 1.94. The van der Waals surface area contributed by atoms with Gasteiger partial charge in [-0.05, 0) is 47.0 Å². The Morgan fingerprint density at radius 1 is 0.867 bits per heavy atom. The second-order valence-corrected chi connectivity index (χ2v) is 10.1. The van der Waals surface area contributed by atoms with E-state index in [0.717, 1.165) is 27.5 Å². The van der Waals surface area contributed by atoms with Crippen LogP contribution in [0.3, 0.4) is 0 Å². The fraction of sp³-hybridized carbons (Fsp3) is 0.130. The molecule has 0 unspecified atom stereocenters. The van der Waals surface area contributed by atoms with Crippen LogP contribution in [-0.2, 0) is 10.0 Å². The number of hydrogen-bond donors (Lipinski definition) is 1. The minimum absolute atomic E-state index is 0.172. The van der Waals surface area contributed by atoms with Crippen molar-refractivity contribution < 1.29 is 8.42 Å². The number of hydrogen-bond acceptors (Lipinski definition) is 5. The maximum absolute atomic E-state index is 13.2. The van der Waals surface area contributed by atoms with Crippen LogP contribution in [0.25, 0.3) is 10.8 Å². The highest BCUT2D eigenvalue weighted by molar-refractivity contribution is 7.99. The predicted molar refractivity (Wildman–Crippen MR) is 119 cm³/mol. The number of nitrogens with one attached hydrogen (secondary N) is 1. The molecule has 7 heteroatoms. The van der Waals surface area contributed by atoms with Gasteiger partial charge in [-0.25, -0.2) is 23.1 Å². The summed E-state index contributed by atoms with van der Waals surface area (Å²) in [6, 6.07) is 20.4. The monoisotopic (exact) mass is 433 g/mol. The molecule has 5 nitrogen and oxygen atoms in total. The van der Waals surface area contributed by atoms with Crippen LogP contribution in [0, 0.1) is 6.92 Å². The molecular formula is C23H19N3O2S2. The molecule has 0 radical (unpaired) electrons. The molecule has 1 aliphatic rings. The quantitative estimate of drug-likeness (QED) is 0.458. The van der Waals surface area contributed by atoms with E-state index < -0.39 is 16.1 Å². The van der Waals surface area contributed by atoms with Crippen molar-refractivity contribution in [3.05, 3.63) is 95.8 Å². The summed E-state index contributed by atoms with van der Waals surface area (Å²) in [5.74, 6) is 0. The molecule has 1 aromatic heterocycles. The van der Waals surface area contributed by atoms with Crippen molar-refractivity contribution in [3.63, 3.8) is 0 Å². The molecule has 0 fully saturated rings. The number of thioether (sulfide) groups is 1. The SMILES string of the molecule is Cc1ccc(S(=O)(=O)N[C@H]2c3cccc4cccc(c34)[C@H]2Sc2ncccn2)cc1. The van der Waals surface area contributed by atoms with E-state index in [1.54, 1.807) is 30.6 Å². The van der Waals surface area contributed by atoms with Crippen LogP contribution in [0.5, 0.6) is 0 Å². The summed E-state index contributed by atoms with van der Waals surface area (Å²) in [7, 11) is -3.70. The van der Waals surface area contributed by atoms with Gasteiger partial charge in [-0.15, -0.1) is 0 Å². The smallest absolute Gasteiger partial charge is 0.231 e. The standard InChI is InChI=1S/C23H19N3O2S2/c1-15-9-11-17(12-10-15)30(27,28)26-21-18-7-2-5-16-6-3-8-19(20(16)18)22(21)29-23-24-13-4-14-25-23/h2-14,21-22,26H,1H3/t21-,22+/m0/s1. The molecule has 30 heavy (non-hydrogen) atoms. The lowest BCUT2D eigenvalue weighted by molar-refractivity contribution is 0.557. The second-order valence-electron chi connectivity index (χ2n) is 7.27. The highest BCUT2D eigenvalue weighted by atomic mass is 32.2. The molecule has 0 spiro atoms. The van der Waals surface area contributed by atoms with Crippen molar-refractivity contribution in [2.45, 2.75) is 28.3 Å². The van der Waals surface area contributed by atoms with Gasteiger partial charge < -0.3 is 0 Å². The van der Waals surface area contributed by atoms with Gasteiger partial charge in [0.25, 0.3) is 0 Å². The normalized spacial score (nSPS) is 18.0. The van der Waals surface area contributed by atoms with Gasteiger partial charge in [-0.3, -0.25) is 0 Å². The highest BCUT2D eigenvalue weighted by Gasteiger charge is 2.38. The van der Waals surface area contributed by atoms with E-state index in [2.05, 4.69) is 32.9 Å². The Kier molecular flexibility index (Phi) is 4.81. The van der Waals surface area contributed by atoms with Gasteiger partial charge in [0.2, 0.25) is 10.0 Å². The summed E-state index contributed by atoms with van der Waals surface area (Å²) in [4.78, 5) is 8.94. The third-order valence-corrected chi connectivity index (χ3v) is 7.96. The fourth-order valence-electron chi connectivity index (χ4n) is 3.91. The molecule has 150 valence electrons. The third-order valence-electron chi connectivity index (χ3n) is 5.30. The van der Waals surface area contributed by atoms with Gasteiger partial charge in [-0.1, -0.05) is 65.9 Å². The maximum atomic E-state index is 13.2. The van der Waals surface area contributed by atoms with Crippen molar-refractivity contribution in [2.24, 2.45) is 0 Å². The van der Waals surface area contributed by atoms with Gasteiger partial charge in [0, 0.05) is 12.4 Å². The molecule has 0 amide bonds. The van der Waals surface area contributed by atoms with Crippen molar-refractivity contribution in [1.82, 2.24) is 14.7 Å². The van der Waals surface area contributed by atoms with Crippen molar-refractivity contribution in [3.8, 4) is 0 Å². The first-order valence-electron chi connectivity index (χ1n) is 9.57. The molecule has 3 aromatic carbocycles. The molecule has 2 atom stereocenters. The summed E-state index contributed by atoms with van der Waals surface area (Å²) in [5, 5.41) is 2.65. The van der Waals surface area contributed by atoms with E-state index >= 15 is 0 Å². The Bertz CT molecular complexity index is 1320. The Morgan fingerprint density at radius 2 is 1.53 bits per heavy atom. The van der Waals surface area contributed by atoms with Crippen LogP contribution >= 0.6 is 11.8 Å². The first-order valence-corrected chi connectivity index (χ1v) is 11.9. The predicted octanol–water partition coefficient (Wildman–Crippen LogP) is 4.80. The van der Waals surface area contributed by atoms with Gasteiger partial charge in [0.05, 0.1) is 16.2 Å². The topological polar surface area (TPSA) is 72.0 Å². The van der Waals surface area contributed by atoms with E-state index in [0.29, 0.717) is 5.16 Å². The van der Waals surface area contributed by atoms with Crippen LogP contribution < -0.4 is 4.72 Å². The van der Waals surface area contributed by atoms with Crippen molar-refractivity contribution in [1.29, 1.82) is 0 Å². The number of rotatable bonds is 5. The van der Waals surface area contributed by atoms with Crippen molar-refractivity contribution >= 4 is 32.6 Å². The number of aryl methyl sites for hydroxylation is 1. The number of nitrogens with zero attached hydrogens (tertiary/aromatic N) is 2. The summed E-state index contributed by atoms with van der Waals surface area (Å²) in [5.41, 5.74) is 3.09. The number of benzene rings is 3. The zero-order valence-corrected chi connectivity index (χ0v) is 17.8. The first kappa shape index (κ1) is 19.2. The third kappa shape index (κ3) is 3.39. The molecule has 1 heterocycles. The van der Waals surface area contributed by atoms with Gasteiger partial charge >= 0.3 is 0 Å². The van der Waals surface area contributed by atoms with Gasteiger partial charge in [-0.2, -0.15) is 0 Å². The fourth-order valence-corrected chi connectivity index (χ4v) is 6.37. The highest BCUT2D eigenvalue weighted by Crippen LogP contribution is 2.52. The molecule has 4 aromatic rings. The first-order chi connectivity index (χ1) is 14.5. The molecule has 1 N–H and O–H groups in total. The zero-order chi connectivity index (χ0) is 20.7. The maximum Gasteiger partial charge on any atom is 0.241 e. The Morgan fingerprint density at radius 3 is 2.23 bits per heavy atom. The lowest BCUT2D eigenvalue weighted by atomic mass is 10.1. The molecule has 0 aliphatic heterocycles. The van der Waals surface area contributed by atoms with Gasteiger partial charge in [0.1, 0.15) is 0 Å². The molecule has 0 saturated carbocycles. The van der Waals surface area contributed by atoms with E-state index in [4.69, 9.17) is 0 Å². The molecule has 5 rings (SSSR count). The Hall–Kier alpha value is -2.74. The molecule has 0 bridgehead atoms. The number of aromatic nitrogens is 2. The largest absolute Gasteiger partial charge is 0.241 e. The zero-order valence-electron chi connectivity index (χ0n) is 16.2. The van der Waals surface area contributed by atoms with Crippen molar-refractivity contribution in [2.75, 3.05) is 0 Å². The summed E-state index contributed by atoms with van der Waals surface area (Å²) >= 11 is 1.48. The van der Waals surface area contributed by atoms with Crippen LogP contribution in [0.4, 0.5) is 0 Å². The van der Waals surface area contributed by atoms with Crippen LogP contribution in [0.1, 0.15) is 28.0 Å². The Balaban J connectivity index is 1.59. The van der Waals surface area contributed by atoms with E-state index in [-0.39, 0.29) is 10.1 Å². The lowest BCUT2D eigenvalue weighted by Crippen LogP contribution is -2.30. The summed E-state index contributed by atoms with van der Waals surface area (Å²) in [6.07, 6.45) is 3.40. The lowest BCUT2D eigenvalue weighted by Gasteiger charge is -2.22. The van der Waals surface area contributed by atoms with Crippen LogP contribution in [0.2, 0.25) is 0 Å². The molecular weight excluding hydrogens is 414 g/mol. The second kappa shape index (κ2) is 7.50. The molecule has 1 aliphatic carbocycles. The van der Waals surface area contributed by atoms with Crippen LogP contribution in [-0.4, -0.2) is 18.4 Å². The minimum atomic E-state index is -3.70. The number of sulfonamides is 1. The van der Waals surface area contributed by atoms with E-state index in [9.17, 15) is 8.42 Å². The summed E-state index contributed by atoms with van der Waals surface area (Å²) < 4.78 is 29.4. The minimum Gasteiger partial charge on any atom is -0.231 e. The van der Waals surface area contributed by atoms with E-state index in [1.165, 1.54) is 11.8 Å².